The Bertz CT molecular complexity index is 608. The molecule has 2 aromatic rings. The summed E-state index contributed by atoms with van der Waals surface area (Å²) in [5, 5.41) is 0. The number of urea groups is 1. The molecule has 1 aliphatic heterocycles. The van der Waals surface area contributed by atoms with Gasteiger partial charge in [0, 0.05) is 0 Å². The summed E-state index contributed by atoms with van der Waals surface area (Å²) in [7, 11) is 0. The van der Waals surface area contributed by atoms with E-state index in [2.05, 4.69) is 0 Å². The van der Waals surface area contributed by atoms with Gasteiger partial charge >= 0.3 is 35.6 Å². The molecule has 19 heavy (non-hydrogen) atoms. The number of anilines is 2. The second-order valence-electron chi connectivity index (χ2n) is 4.12. The molecule has 0 spiro atoms. The van der Waals surface area contributed by atoms with Crippen molar-refractivity contribution in [3.63, 3.8) is 0 Å². The maximum absolute atomic E-state index is 11.8. The van der Waals surface area contributed by atoms with Gasteiger partial charge in [-0.15, -0.1) is 0 Å². The first kappa shape index (κ1) is 13.9. The van der Waals surface area contributed by atoms with Gasteiger partial charge in [0.25, 0.3) is 0 Å². The third-order valence-corrected chi connectivity index (χ3v) is 3.02. The molecule has 0 atom stereocenters. The van der Waals surface area contributed by atoms with Crippen LogP contribution >= 0.6 is 0 Å². The second-order valence-corrected chi connectivity index (χ2v) is 4.12. The molecule has 3 rings (SSSR count). The SMILES string of the molecule is NC(=O)N1c2ccccc2C=Cc2ccccc21.[H-].[Na+]. The summed E-state index contributed by atoms with van der Waals surface area (Å²) in [5.41, 5.74) is 9.11. The van der Waals surface area contributed by atoms with E-state index in [-0.39, 0.29) is 31.0 Å². The van der Waals surface area contributed by atoms with E-state index in [9.17, 15) is 4.79 Å². The van der Waals surface area contributed by atoms with E-state index in [0.717, 1.165) is 22.5 Å². The van der Waals surface area contributed by atoms with Crippen LogP contribution in [-0.4, -0.2) is 6.03 Å². The minimum Gasteiger partial charge on any atom is -1.00 e. The number of hydrogen-bond acceptors (Lipinski definition) is 1. The summed E-state index contributed by atoms with van der Waals surface area (Å²) < 4.78 is 0. The van der Waals surface area contributed by atoms with E-state index in [0.29, 0.717) is 0 Å². The minimum atomic E-state index is -0.474. The maximum Gasteiger partial charge on any atom is 1.00 e. The summed E-state index contributed by atoms with van der Waals surface area (Å²) in [4.78, 5) is 13.3. The molecule has 1 heterocycles. The zero-order valence-electron chi connectivity index (χ0n) is 11.7. The van der Waals surface area contributed by atoms with Gasteiger partial charge in [-0.3, -0.25) is 4.90 Å². The quantitative estimate of drug-likeness (QED) is 0.689. The van der Waals surface area contributed by atoms with Crippen molar-refractivity contribution in [2.75, 3.05) is 4.90 Å². The summed E-state index contributed by atoms with van der Waals surface area (Å²) in [6.45, 7) is 0. The molecule has 0 radical (unpaired) electrons. The van der Waals surface area contributed by atoms with Crippen LogP contribution in [0, 0.1) is 0 Å². The topological polar surface area (TPSA) is 46.3 Å². The van der Waals surface area contributed by atoms with Crippen molar-refractivity contribution in [2.45, 2.75) is 0 Å². The van der Waals surface area contributed by atoms with Gasteiger partial charge in [0.1, 0.15) is 0 Å². The third kappa shape index (κ3) is 2.45. The van der Waals surface area contributed by atoms with E-state index in [1.165, 1.54) is 0 Å². The summed E-state index contributed by atoms with van der Waals surface area (Å²) in [6.07, 6.45) is 3.99. The van der Waals surface area contributed by atoms with E-state index in [1.54, 1.807) is 4.90 Å². The van der Waals surface area contributed by atoms with Crippen molar-refractivity contribution in [3.05, 3.63) is 59.7 Å². The number of carbonyl (C=O) groups is 1. The number of carbonyl (C=O) groups excluding carboxylic acids is 1. The molecule has 90 valence electrons. The predicted molar refractivity (Wildman–Crippen MR) is 74.6 cm³/mol. The second kappa shape index (κ2) is 5.61. The molecule has 2 amide bonds. The number of hydrogen-bond donors (Lipinski definition) is 1. The van der Waals surface area contributed by atoms with Crippen molar-refractivity contribution in [2.24, 2.45) is 5.73 Å². The Balaban J connectivity index is 0.000001000. The smallest absolute Gasteiger partial charge is 1.00 e. The predicted octanol–water partition coefficient (Wildman–Crippen LogP) is 0.504. The van der Waals surface area contributed by atoms with Gasteiger partial charge in [-0.25, -0.2) is 4.79 Å². The van der Waals surface area contributed by atoms with Crippen molar-refractivity contribution >= 4 is 29.6 Å². The molecule has 3 nitrogen and oxygen atoms in total. The Morgan fingerprint density at radius 2 is 1.32 bits per heavy atom. The van der Waals surface area contributed by atoms with Gasteiger partial charge in [0.15, 0.2) is 0 Å². The molecule has 4 heteroatoms. The fourth-order valence-corrected chi connectivity index (χ4v) is 2.21. The molecular weight excluding hydrogens is 247 g/mol. The molecule has 0 unspecified atom stereocenters. The first-order chi connectivity index (χ1) is 8.77. The van der Waals surface area contributed by atoms with Crippen LogP contribution in [0.15, 0.2) is 48.5 Å². The first-order valence-corrected chi connectivity index (χ1v) is 5.73. The van der Waals surface area contributed by atoms with Crippen molar-refractivity contribution in [3.8, 4) is 0 Å². The Morgan fingerprint density at radius 3 is 1.74 bits per heavy atom. The standard InChI is InChI=1S/C15H12N2O.Na.H/c16-15(18)17-13-7-3-1-5-11(13)9-10-12-6-2-4-8-14(12)17;;/h1-10H,(H2,16,18);;/q;+1;-1. The monoisotopic (exact) mass is 260 g/mol. The van der Waals surface area contributed by atoms with E-state index >= 15 is 0 Å². The third-order valence-electron chi connectivity index (χ3n) is 3.02. The maximum atomic E-state index is 11.8. The van der Waals surface area contributed by atoms with Gasteiger partial charge in [-0.2, -0.15) is 0 Å². The van der Waals surface area contributed by atoms with E-state index < -0.39 is 6.03 Å². The number of nitrogens with zero attached hydrogens (tertiary/aromatic N) is 1. The Kier molecular flexibility index (Phi) is 4.10. The summed E-state index contributed by atoms with van der Waals surface area (Å²) in [5.74, 6) is 0. The van der Waals surface area contributed by atoms with Crippen LogP contribution in [0.4, 0.5) is 16.2 Å². The number of primary amides is 1. The van der Waals surface area contributed by atoms with Crippen LogP contribution in [0.2, 0.25) is 0 Å². The molecule has 0 aromatic heterocycles. The summed E-state index contributed by atoms with van der Waals surface area (Å²) >= 11 is 0. The zero-order valence-corrected chi connectivity index (χ0v) is 12.7. The molecular formula is C15H13N2NaO. The Morgan fingerprint density at radius 1 is 0.895 bits per heavy atom. The number of fused-ring (bicyclic) bond motifs is 2. The molecule has 0 fully saturated rings. The number of rotatable bonds is 0. The average Bonchev–Trinajstić information content (AvgIpc) is 2.55. The van der Waals surface area contributed by atoms with E-state index in [4.69, 9.17) is 5.73 Å². The van der Waals surface area contributed by atoms with Gasteiger partial charge in [0.05, 0.1) is 11.4 Å². The molecule has 2 N–H and O–H groups in total. The molecule has 0 aliphatic carbocycles. The van der Waals surface area contributed by atoms with Gasteiger partial charge in [-0.1, -0.05) is 48.6 Å². The number of nitrogens with two attached hydrogens (primary N) is 1. The van der Waals surface area contributed by atoms with Crippen LogP contribution in [0.3, 0.4) is 0 Å². The van der Waals surface area contributed by atoms with Crippen molar-refractivity contribution < 1.29 is 35.8 Å². The van der Waals surface area contributed by atoms with Crippen LogP contribution in [0.25, 0.3) is 12.2 Å². The summed E-state index contributed by atoms with van der Waals surface area (Å²) in [6, 6.07) is 14.9. The Hall–Kier alpha value is -1.55. The largest absolute Gasteiger partial charge is 1.00 e. The number of amides is 2. The van der Waals surface area contributed by atoms with Crippen LogP contribution in [-0.2, 0) is 0 Å². The molecule has 2 aromatic carbocycles. The molecule has 0 bridgehead atoms. The number of para-hydroxylation sites is 2. The van der Waals surface area contributed by atoms with Gasteiger partial charge < -0.3 is 7.16 Å². The van der Waals surface area contributed by atoms with Crippen LogP contribution in [0.1, 0.15) is 12.6 Å². The van der Waals surface area contributed by atoms with E-state index in [1.807, 2.05) is 60.7 Å². The van der Waals surface area contributed by atoms with Crippen molar-refractivity contribution in [1.82, 2.24) is 0 Å². The van der Waals surface area contributed by atoms with Crippen LogP contribution < -0.4 is 40.2 Å². The van der Waals surface area contributed by atoms with Gasteiger partial charge in [-0.05, 0) is 23.3 Å². The fourth-order valence-electron chi connectivity index (χ4n) is 2.21. The zero-order chi connectivity index (χ0) is 12.5. The average molecular weight is 260 g/mol. The Labute approximate surface area is 135 Å². The van der Waals surface area contributed by atoms with Gasteiger partial charge in [0.2, 0.25) is 0 Å². The fraction of sp³-hybridized carbons (Fsp3) is 0. The first-order valence-electron chi connectivity index (χ1n) is 5.73. The normalized spacial score (nSPS) is 11.9. The molecule has 1 aliphatic rings. The van der Waals surface area contributed by atoms with Crippen LogP contribution in [0.5, 0.6) is 0 Å². The van der Waals surface area contributed by atoms with Crippen molar-refractivity contribution in [1.29, 1.82) is 0 Å². The number of benzene rings is 2. The minimum absolute atomic E-state index is 0. The molecule has 0 saturated carbocycles. The molecule has 0 saturated heterocycles.